The van der Waals surface area contributed by atoms with Gasteiger partial charge in [-0.2, -0.15) is 21.6 Å². The predicted octanol–water partition coefficient (Wildman–Crippen LogP) is 1.44. The van der Waals surface area contributed by atoms with E-state index in [2.05, 4.69) is 8.37 Å². The average Bonchev–Trinajstić information content (AvgIpc) is 1.80. The first-order chi connectivity index (χ1) is 6.02. The minimum Gasteiger partial charge on any atom is -0.374 e. The monoisotopic (exact) mass is 256 g/mol. The molecule has 0 spiro atoms. The van der Waals surface area contributed by atoms with Crippen LogP contribution in [-0.2, 0) is 18.5 Å². The number of hydrogen-bond donors (Lipinski definition) is 0. The smallest absolute Gasteiger partial charge is 0.374 e. The van der Waals surface area contributed by atoms with Gasteiger partial charge < -0.3 is 4.74 Å². The number of methoxy groups -OCH3 is 1. The van der Waals surface area contributed by atoms with Gasteiger partial charge in [-0.3, -0.25) is 0 Å². The van der Waals surface area contributed by atoms with Gasteiger partial charge in [-0.15, -0.1) is 0 Å². The molecule has 0 aromatic rings. The third-order valence-corrected chi connectivity index (χ3v) is 4.52. The summed E-state index contributed by atoms with van der Waals surface area (Å²) >= 11 is 0. The highest BCUT2D eigenvalue weighted by atomic mass is 32.3. The lowest BCUT2D eigenvalue weighted by atomic mass is 11.5. The van der Waals surface area contributed by atoms with Crippen molar-refractivity contribution in [2.75, 3.05) is 25.6 Å². The Morgan fingerprint density at radius 3 is 1.93 bits per heavy atom. The number of alkyl halides is 3. The third kappa shape index (κ3) is 4.03. The Bertz CT molecular complexity index is 282. The Labute approximate surface area is 82.0 Å². The zero-order chi connectivity index (χ0) is 11.6. The van der Waals surface area contributed by atoms with Crippen LogP contribution in [0.5, 0.6) is 0 Å². The lowest BCUT2D eigenvalue weighted by Crippen LogP contribution is -2.27. The minimum absolute atomic E-state index is 0.178. The van der Waals surface area contributed by atoms with E-state index in [0.29, 0.717) is 0 Å². The van der Waals surface area contributed by atoms with Crippen molar-refractivity contribution in [1.82, 2.24) is 0 Å². The normalized spacial score (nSPS) is 15.6. The van der Waals surface area contributed by atoms with E-state index in [1.165, 1.54) is 19.6 Å². The summed E-state index contributed by atoms with van der Waals surface area (Å²) in [4.78, 5) is 0. The summed E-state index contributed by atoms with van der Waals surface area (Å²) in [5.41, 5.74) is -5.38. The summed E-state index contributed by atoms with van der Waals surface area (Å²) in [6.07, 6.45) is 2.53. The van der Waals surface area contributed by atoms with Gasteiger partial charge in [0.25, 0.3) is 0 Å². The number of hydrogen-bond acceptors (Lipinski definition) is 4. The van der Waals surface area contributed by atoms with Crippen molar-refractivity contribution >= 4 is 20.4 Å². The molecule has 0 amide bonds. The van der Waals surface area contributed by atoms with Crippen LogP contribution in [0, 0.1) is 0 Å². The van der Waals surface area contributed by atoms with Crippen molar-refractivity contribution in [3.63, 3.8) is 0 Å². The zero-order valence-electron chi connectivity index (χ0n) is 7.79. The van der Waals surface area contributed by atoms with Crippen LogP contribution in [0.2, 0.25) is 0 Å². The lowest BCUT2D eigenvalue weighted by Gasteiger charge is -2.28. The molecule has 88 valence electrons. The number of rotatable bonds is 4. The Morgan fingerprint density at radius 1 is 1.21 bits per heavy atom. The van der Waals surface area contributed by atoms with Crippen LogP contribution in [-0.4, -0.2) is 39.5 Å². The third-order valence-electron chi connectivity index (χ3n) is 0.959. The quantitative estimate of drug-likeness (QED) is 0.714. The molecule has 0 aromatic heterocycles. The Morgan fingerprint density at radius 2 is 1.64 bits per heavy atom. The van der Waals surface area contributed by atoms with E-state index in [-0.39, 0.29) is 5.94 Å². The Balaban J connectivity index is 4.69. The topological polar surface area (TPSA) is 52.6 Å². The molecule has 0 aliphatic heterocycles. The fourth-order valence-corrected chi connectivity index (χ4v) is 3.56. The number of ether oxygens (including phenoxy) is 1. The summed E-state index contributed by atoms with van der Waals surface area (Å²) < 4.78 is 65.3. The first-order valence-corrected chi connectivity index (χ1v) is 7.19. The molecule has 0 aliphatic rings. The lowest BCUT2D eigenvalue weighted by molar-refractivity contribution is -0.0496. The molecule has 0 aromatic carbocycles. The molecular formula is C5H11F3O4S2. The van der Waals surface area contributed by atoms with Gasteiger partial charge in [-0.05, 0) is 12.5 Å². The van der Waals surface area contributed by atoms with Crippen LogP contribution in [0.3, 0.4) is 0 Å². The molecule has 0 radical (unpaired) electrons. The van der Waals surface area contributed by atoms with Crippen LogP contribution in [0.1, 0.15) is 0 Å². The van der Waals surface area contributed by atoms with Crippen LogP contribution in [0.25, 0.3) is 0 Å². The second-order valence-electron chi connectivity index (χ2n) is 2.81. The van der Waals surface area contributed by atoms with Crippen LogP contribution < -0.4 is 0 Å². The van der Waals surface area contributed by atoms with Gasteiger partial charge in [0.1, 0.15) is 0 Å². The van der Waals surface area contributed by atoms with Gasteiger partial charge in [-0.25, -0.2) is 3.63 Å². The van der Waals surface area contributed by atoms with Crippen molar-refractivity contribution in [1.29, 1.82) is 0 Å². The van der Waals surface area contributed by atoms with E-state index in [1.807, 2.05) is 0 Å². The van der Waals surface area contributed by atoms with Gasteiger partial charge in [0.2, 0.25) is 0 Å². The van der Waals surface area contributed by atoms with Crippen molar-refractivity contribution in [3.8, 4) is 0 Å². The molecule has 0 unspecified atom stereocenters. The summed E-state index contributed by atoms with van der Waals surface area (Å²) in [7, 11) is -6.67. The molecule has 0 rings (SSSR count). The largest absolute Gasteiger partial charge is 0.523 e. The van der Waals surface area contributed by atoms with Crippen LogP contribution in [0.4, 0.5) is 13.2 Å². The summed E-state index contributed by atoms with van der Waals surface area (Å²) in [5, 5.41) is 0. The molecule has 0 bridgehead atoms. The van der Waals surface area contributed by atoms with E-state index in [1.54, 1.807) is 0 Å². The van der Waals surface area contributed by atoms with Crippen molar-refractivity contribution in [2.45, 2.75) is 5.51 Å². The first-order valence-electron chi connectivity index (χ1n) is 3.24. The Kier molecular flexibility index (Phi) is 4.25. The van der Waals surface area contributed by atoms with Gasteiger partial charge >= 0.3 is 15.6 Å². The molecule has 0 saturated heterocycles. The molecule has 4 nitrogen and oxygen atoms in total. The second-order valence-corrected chi connectivity index (χ2v) is 7.84. The maximum Gasteiger partial charge on any atom is 0.523 e. The maximum atomic E-state index is 11.9. The summed E-state index contributed by atoms with van der Waals surface area (Å²) in [5.74, 6) is -0.178. The molecule has 9 heteroatoms. The molecule has 0 saturated carbocycles. The highest BCUT2D eigenvalue weighted by molar-refractivity contribution is 8.31. The van der Waals surface area contributed by atoms with Crippen molar-refractivity contribution in [2.24, 2.45) is 0 Å². The first kappa shape index (κ1) is 14.0. The fraction of sp³-hybridized carbons (Fsp3) is 1.00. The molecule has 0 atom stereocenters. The van der Waals surface area contributed by atoms with Gasteiger partial charge in [0.05, 0.1) is 5.94 Å². The molecular weight excluding hydrogens is 245 g/mol. The molecule has 0 heterocycles. The highest BCUT2D eigenvalue weighted by Gasteiger charge is 2.49. The molecule has 14 heavy (non-hydrogen) atoms. The van der Waals surface area contributed by atoms with E-state index in [9.17, 15) is 21.6 Å². The minimum atomic E-state index is -5.52. The van der Waals surface area contributed by atoms with Gasteiger partial charge in [-0.1, -0.05) is 10.3 Å². The van der Waals surface area contributed by atoms with Crippen LogP contribution >= 0.6 is 10.3 Å². The predicted molar refractivity (Wildman–Crippen MR) is 47.4 cm³/mol. The van der Waals surface area contributed by atoms with Crippen LogP contribution in [0.15, 0.2) is 0 Å². The summed E-state index contributed by atoms with van der Waals surface area (Å²) in [6.45, 7) is 0. The standard InChI is InChI=1S/C5H11F3O4S2/c1-11-4-13(2,3)12-14(9,10)5(6,7)8/h4H2,1-3H3. The molecule has 0 aliphatic carbocycles. The van der Waals surface area contributed by atoms with E-state index in [4.69, 9.17) is 0 Å². The SMILES string of the molecule is COCS(C)(C)OS(=O)(=O)C(F)(F)F. The second kappa shape index (κ2) is 4.25. The van der Waals surface area contributed by atoms with Gasteiger partial charge in [0, 0.05) is 7.11 Å². The highest BCUT2D eigenvalue weighted by Crippen LogP contribution is 2.45. The summed E-state index contributed by atoms with van der Waals surface area (Å²) in [6, 6.07) is 0. The molecule has 0 fully saturated rings. The number of halogens is 3. The zero-order valence-corrected chi connectivity index (χ0v) is 9.42. The molecule has 0 N–H and O–H groups in total. The maximum absolute atomic E-state index is 11.9. The van der Waals surface area contributed by atoms with E-state index in [0.717, 1.165) is 0 Å². The fourth-order valence-electron chi connectivity index (χ4n) is 0.585. The van der Waals surface area contributed by atoms with Crippen molar-refractivity contribution in [3.05, 3.63) is 0 Å². The Hall–Kier alpha value is 0.01000. The van der Waals surface area contributed by atoms with E-state index < -0.39 is 25.9 Å². The van der Waals surface area contributed by atoms with Gasteiger partial charge in [0.15, 0.2) is 0 Å². The average molecular weight is 256 g/mol. The van der Waals surface area contributed by atoms with Crippen molar-refractivity contribution < 1.29 is 30.0 Å². The van der Waals surface area contributed by atoms with E-state index >= 15 is 0 Å².